The molecular weight excluding hydrogens is 236 g/mol. The lowest BCUT2D eigenvalue weighted by Crippen LogP contribution is -2.07. The molecule has 0 N–H and O–H groups in total. The van der Waals surface area contributed by atoms with Gasteiger partial charge < -0.3 is 13.9 Å². The van der Waals surface area contributed by atoms with Gasteiger partial charge in [0.15, 0.2) is 11.0 Å². The van der Waals surface area contributed by atoms with Crippen LogP contribution in [-0.2, 0) is 9.47 Å². The first-order valence-electron chi connectivity index (χ1n) is 4.25. The summed E-state index contributed by atoms with van der Waals surface area (Å²) in [6.45, 7) is 5.10. The molecule has 0 aliphatic rings. The zero-order chi connectivity index (χ0) is 9.68. The standard InChI is InChI=1S/C9H13BrO3/c1-3-11-9(12-4-2)7-5-8(10)13-6-7/h5-6,9H,3-4H2,1-2H3. The Bertz CT molecular complexity index is 241. The summed E-state index contributed by atoms with van der Waals surface area (Å²) in [5, 5.41) is 0. The van der Waals surface area contributed by atoms with E-state index in [0.717, 1.165) is 5.56 Å². The van der Waals surface area contributed by atoms with Gasteiger partial charge in [-0.2, -0.15) is 0 Å². The molecule has 1 aromatic heterocycles. The zero-order valence-electron chi connectivity index (χ0n) is 7.75. The Morgan fingerprint density at radius 2 is 2.00 bits per heavy atom. The number of rotatable bonds is 5. The van der Waals surface area contributed by atoms with Crippen LogP contribution in [0.2, 0.25) is 0 Å². The topological polar surface area (TPSA) is 31.6 Å². The van der Waals surface area contributed by atoms with E-state index in [9.17, 15) is 0 Å². The van der Waals surface area contributed by atoms with E-state index in [-0.39, 0.29) is 6.29 Å². The van der Waals surface area contributed by atoms with Crippen LogP contribution in [0.3, 0.4) is 0 Å². The van der Waals surface area contributed by atoms with Crippen LogP contribution in [0.25, 0.3) is 0 Å². The molecule has 3 nitrogen and oxygen atoms in total. The summed E-state index contributed by atoms with van der Waals surface area (Å²) in [5.41, 5.74) is 0.899. The van der Waals surface area contributed by atoms with Crippen LogP contribution in [0.4, 0.5) is 0 Å². The Morgan fingerprint density at radius 3 is 2.38 bits per heavy atom. The average Bonchev–Trinajstić information content (AvgIpc) is 2.51. The highest BCUT2D eigenvalue weighted by Crippen LogP contribution is 2.23. The SMILES string of the molecule is CCOC(OCC)c1coc(Br)c1. The third-order valence-corrected chi connectivity index (χ3v) is 1.91. The second kappa shape index (κ2) is 5.42. The molecule has 0 bridgehead atoms. The Kier molecular flexibility index (Phi) is 4.48. The molecule has 0 atom stereocenters. The van der Waals surface area contributed by atoms with Gasteiger partial charge in [-0.1, -0.05) is 0 Å². The normalized spacial score (nSPS) is 11.1. The summed E-state index contributed by atoms with van der Waals surface area (Å²) in [7, 11) is 0. The van der Waals surface area contributed by atoms with E-state index in [2.05, 4.69) is 15.9 Å². The summed E-state index contributed by atoms with van der Waals surface area (Å²) < 4.78 is 16.5. The fourth-order valence-corrected chi connectivity index (χ4v) is 1.35. The highest BCUT2D eigenvalue weighted by molar-refractivity contribution is 9.10. The molecule has 0 aliphatic heterocycles. The highest BCUT2D eigenvalue weighted by atomic mass is 79.9. The van der Waals surface area contributed by atoms with Crippen LogP contribution in [-0.4, -0.2) is 13.2 Å². The van der Waals surface area contributed by atoms with Crippen molar-refractivity contribution in [3.8, 4) is 0 Å². The van der Waals surface area contributed by atoms with Crippen LogP contribution in [0, 0.1) is 0 Å². The lowest BCUT2D eigenvalue weighted by Gasteiger charge is -2.14. The number of ether oxygens (including phenoxy) is 2. The average molecular weight is 249 g/mol. The first-order valence-corrected chi connectivity index (χ1v) is 5.04. The van der Waals surface area contributed by atoms with Crippen LogP contribution in [0.15, 0.2) is 21.4 Å². The summed E-state index contributed by atoms with van der Waals surface area (Å²) >= 11 is 3.22. The third kappa shape index (κ3) is 3.14. The summed E-state index contributed by atoms with van der Waals surface area (Å²) in [6.07, 6.45) is 1.31. The number of halogens is 1. The Labute approximate surface area is 86.1 Å². The minimum absolute atomic E-state index is 0.315. The monoisotopic (exact) mass is 248 g/mol. The van der Waals surface area contributed by atoms with Crippen molar-refractivity contribution in [2.24, 2.45) is 0 Å². The Balaban J connectivity index is 2.63. The van der Waals surface area contributed by atoms with E-state index in [1.54, 1.807) is 6.26 Å². The van der Waals surface area contributed by atoms with Crippen LogP contribution in [0.1, 0.15) is 25.7 Å². The molecule has 0 aliphatic carbocycles. The van der Waals surface area contributed by atoms with Crippen molar-refractivity contribution in [3.63, 3.8) is 0 Å². The van der Waals surface area contributed by atoms with E-state index < -0.39 is 0 Å². The van der Waals surface area contributed by atoms with Crippen molar-refractivity contribution in [1.82, 2.24) is 0 Å². The summed E-state index contributed by atoms with van der Waals surface area (Å²) in [4.78, 5) is 0. The minimum Gasteiger partial charge on any atom is -0.457 e. The van der Waals surface area contributed by atoms with Crippen molar-refractivity contribution in [2.75, 3.05) is 13.2 Å². The summed E-state index contributed by atoms with van der Waals surface area (Å²) in [6, 6.07) is 1.84. The fourth-order valence-electron chi connectivity index (χ4n) is 0.990. The van der Waals surface area contributed by atoms with Crippen LogP contribution >= 0.6 is 15.9 Å². The van der Waals surface area contributed by atoms with E-state index in [4.69, 9.17) is 13.9 Å². The molecular formula is C9H13BrO3. The molecule has 1 aromatic rings. The first-order chi connectivity index (χ1) is 6.27. The van der Waals surface area contributed by atoms with E-state index in [1.165, 1.54) is 0 Å². The van der Waals surface area contributed by atoms with Gasteiger partial charge in [-0.3, -0.25) is 0 Å². The largest absolute Gasteiger partial charge is 0.457 e. The number of furan rings is 1. The van der Waals surface area contributed by atoms with Crippen molar-refractivity contribution < 1.29 is 13.9 Å². The molecule has 1 heterocycles. The predicted molar refractivity (Wildman–Crippen MR) is 52.4 cm³/mol. The molecule has 0 aromatic carbocycles. The van der Waals surface area contributed by atoms with Gasteiger partial charge in [-0.05, 0) is 35.8 Å². The molecule has 1 rings (SSSR count). The molecule has 13 heavy (non-hydrogen) atoms. The van der Waals surface area contributed by atoms with Gasteiger partial charge in [0.2, 0.25) is 0 Å². The Hall–Kier alpha value is -0.320. The predicted octanol–water partition coefficient (Wildman–Crippen LogP) is 3.11. The lowest BCUT2D eigenvalue weighted by atomic mass is 10.3. The van der Waals surface area contributed by atoms with Gasteiger partial charge in [0.1, 0.15) is 6.26 Å². The molecule has 0 spiro atoms. The maximum absolute atomic E-state index is 5.38. The molecule has 0 saturated carbocycles. The molecule has 0 radical (unpaired) electrons. The smallest absolute Gasteiger partial charge is 0.186 e. The molecule has 0 saturated heterocycles. The highest BCUT2D eigenvalue weighted by Gasteiger charge is 2.13. The van der Waals surface area contributed by atoms with Crippen molar-refractivity contribution in [1.29, 1.82) is 0 Å². The van der Waals surface area contributed by atoms with E-state index in [0.29, 0.717) is 17.9 Å². The molecule has 0 amide bonds. The number of hydrogen-bond acceptors (Lipinski definition) is 3. The maximum Gasteiger partial charge on any atom is 0.186 e. The molecule has 74 valence electrons. The fraction of sp³-hybridized carbons (Fsp3) is 0.556. The molecule has 0 fully saturated rings. The molecule has 0 unspecified atom stereocenters. The van der Waals surface area contributed by atoms with Gasteiger partial charge >= 0.3 is 0 Å². The maximum atomic E-state index is 5.38. The minimum atomic E-state index is -0.315. The Morgan fingerprint density at radius 1 is 1.38 bits per heavy atom. The second-order valence-corrected chi connectivity index (χ2v) is 3.21. The van der Waals surface area contributed by atoms with Crippen molar-refractivity contribution in [2.45, 2.75) is 20.1 Å². The zero-order valence-corrected chi connectivity index (χ0v) is 9.33. The number of hydrogen-bond donors (Lipinski definition) is 0. The quantitative estimate of drug-likeness (QED) is 0.751. The van der Waals surface area contributed by atoms with Crippen LogP contribution in [0.5, 0.6) is 0 Å². The molecule has 4 heteroatoms. The van der Waals surface area contributed by atoms with Gasteiger partial charge in [0.05, 0.1) is 0 Å². The second-order valence-electron chi connectivity index (χ2n) is 2.43. The van der Waals surface area contributed by atoms with Gasteiger partial charge in [-0.25, -0.2) is 0 Å². The summed E-state index contributed by atoms with van der Waals surface area (Å²) in [5.74, 6) is 0. The van der Waals surface area contributed by atoms with Gasteiger partial charge in [-0.15, -0.1) is 0 Å². The first kappa shape index (κ1) is 10.8. The third-order valence-electron chi connectivity index (χ3n) is 1.50. The van der Waals surface area contributed by atoms with E-state index in [1.807, 2.05) is 19.9 Å². The van der Waals surface area contributed by atoms with Crippen LogP contribution < -0.4 is 0 Å². The van der Waals surface area contributed by atoms with Crippen molar-refractivity contribution in [3.05, 3.63) is 22.6 Å². The van der Waals surface area contributed by atoms with Gasteiger partial charge in [0, 0.05) is 18.8 Å². The van der Waals surface area contributed by atoms with E-state index >= 15 is 0 Å². The lowest BCUT2D eigenvalue weighted by molar-refractivity contribution is -0.140. The van der Waals surface area contributed by atoms with Crippen molar-refractivity contribution >= 4 is 15.9 Å². The van der Waals surface area contributed by atoms with Gasteiger partial charge in [0.25, 0.3) is 0 Å².